The van der Waals surface area contributed by atoms with Gasteiger partial charge in [-0.05, 0) is 38.2 Å². The number of aryl methyl sites for hydroxylation is 2. The van der Waals surface area contributed by atoms with E-state index in [1.165, 1.54) is 48.2 Å². The van der Waals surface area contributed by atoms with E-state index < -0.39 is 0 Å². The van der Waals surface area contributed by atoms with Gasteiger partial charge in [-0.25, -0.2) is 0 Å². The Bertz CT molecular complexity index is 361. The zero-order valence-electron chi connectivity index (χ0n) is 9.14. The van der Waals surface area contributed by atoms with Crippen LogP contribution in [0, 0.1) is 6.92 Å². The van der Waals surface area contributed by atoms with E-state index in [-0.39, 0.29) is 0 Å². The molecule has 76 valence electrons. The smallest absolute Gasteiger partial charge is 0.0667 e. The van der Waals surface area contributed by atoms with Crippen molar-refractivity contribution in [3.8, 4) is 0 Å². The predicted octanol–water partition coefficient (Wildman–Crippen LogP) is 2.86. The average Bonchev–Trinajstić information content (AvgIpc) is 2.36. The molecular formula is C12H18N2. The highest BCUT2D eigenvalue weighted by atomic mass is 15.3. The zero-order valence-corrected chi connectivity index (χ0v) is 9.14. The van der Waals surface area contributed by atoms with Gasteiger partial charge in [0.15, 0.2) is 0 Å². The summed E-state index contributed by atoms with van der Waals surface area (Å²) in [7, 11) is 2.03. The molecule has 2 heteroatoms. The molecule has 0 unspecified atom stereocenters. The van der Waals surface area contributed by atoms with Crippen LogP contribution in [-0.4, -0.2) is 9.78 Å². The van der Waals surface area contributed by atoms with Gasteiger partial charge in [0.25, 0.3) is 0 Å². The van der Waals surface area contributed by atoms with E-state index in [1.54, 1.807) is 0 Å². The lowest BCUT2D eigenvalue weighted by atomic mass is 9.94. The minimum absolute atomic E-state index is 1.13. The first kappa shape index (κ1) is 9.50. The Balaban J connectivity index is 2.48. The van der Waals surface area contributed by atoms with Crippen molar-refractivity contribution < 1.29 is 0 Å². The molecule has 0 fully saturated rings. The molecule has 0 saturated carbocycles. The Labute approximate surface area is 85.6 Å². The quantitative estimate of drug-likeness (QED) is 0.615. The number of allylic oxidation sites excluding steroid dienone is 1. The largest absolute Gasteiger partial charge is 0.268 e. The third-order valence-corrected chi connectivity index (χ3v) is 3.09. The summed E-state index contributed by atoms with van der Waals surface area (Å²) >= 11 is 0. The molecule has 0 spiro atoms. The monoisotopic (exact) mass is 190 g/mol. The van der Waals surface area contributed by atoms with Crippen molar-refractivity contribution in [1.82, 2.24) is 9.78 Å². The number of nitrogens with zero attached hydrogens (tertiary/aromatic N) is 2. The normalized spacial score (nSPS) is 17.4. The van der Waals surface area contributed by atoms with Crippen molar-refractivity contribution in [3.63, 3.8) is 0 Å². The van der Waals surface area contributed by atoms with E-state index in [2.05, 4.69) is 18.6 Å². The summed E-state index contributed by atoms with van der Waals surface area (Å²) in [4.78, 5) is 0. The van der Waals surface area contributed by atoms with Gasteiger partial charge in [-0.1, -0.05) is 13.0 Å². The molecule has 0 radical (unpaired) electrons. The fraction of sp³-hybridized carbons (Fsp3) is 0.583. The topological polar surface area (TPSA) is 17.8 Å². The molecular weight excluding hydrogens is 172 g/mol. The summed E-state index contributed by atoms with van der Waals surface area (Å²) in [6.07, 6.45) is 6.21. The standard InChI is InChI=1S/C12H18N2/c1-9-7-5-4-6-8-11-10(2)13-14(3)12(9)11/h1,4-8H2,2-3H3. The van der Waals surface area contributed by atoms with E-state index in [1.807, 2.05) is 11.7 Å². The van der Waals surface area contributed by atoms with Gasteiger partial charge in [0.2, 0.25) is 0 Å². The third-order valence-electron chi connectivity index (χ3n) is 3.09. The lowest BCUT2D eigenvalue weighted by Gasteiger charge is -2.13. The van der Waals surface area contributed by atoms with E-state index in [4.69, 9.17) is 0 Å². The van der Waals surface area contributed by atoms with Gasteiger partial charge in [-0.3, -0.25) is 4.68 Å². The van der Waals surface area contributed by atoms with E-state index in [0.29, 0.717) is 0 Å². The summed E-state index contributed by atoms with van der Waals surface area (Å²) in [6.45, 7) is 6.28. The van der Waals surface area contributed by atoms with Crippen LogP contribution in [0.15, 0.2) is 6.58 Å². The molecule has 1 aromatic heterocycles. The van der Waals surface area contributed by atoms with Gasteiger partial charge < -0.3 is 0 Å². The summed E-state index contributed by atoms with van der Waals surface area (Å²) in [5.74, 6) is 0. The van der Waals surface area contributed by atoms with Crippen molar-refractivity contribution in [1.29, 1.82) is 0 Å². The van der Waals surface area contributed by atoms with Crippen LogP contribution in [0.5, 0.6) is 0 Å². The molecule has 1 aromatic rings. The van der Waals surface area contributed by atoms with Gasteiger partial charge in [0.1, 0.15) is 0 Å². The number of hydrogen-bond acceptors (Lipinski definition) is 1. The highest BCUT2D eigenvalue weighted by Gasteiger charge is 2.16. The Hall–Kier alpha value is -1.05. The highest BCUT2D eigenvalue weighted by molar-refractivity contribution is 5.64. The molecule has 0 aromatic carbocycles. The summed E-state index contributed by atoms with van der Waals surface area (Å²) in [5.41, 5.74) is 5.17. The molecule has 0 atom stereocenters. The average molecular weight is 190 g/mol. The highest BCUT2D eigenvalue weighted by Crippen LogP contribution is 2.28. The van der Waals surface area contributed by atoms with E-state index >= 15 is 0 Å². The zero-order chi connectivity index (χ0) is 10.1. The lowest BCUT2D eigenvalue weighted by Crippen LogP contribution is -2.02. The first-order chi connectivity index (χ1) is 6.70. The molecule has 0 N–H and O–H groups in total. The number of hydrogen-bond donors (Lipinski definition) is 0. The Morgan fingerprint density at radius 3 is 2.71 bits per heavy atom. The lowest BCUT2D eigenvalue weighted by molar-refractivity contribution is 0.670. The SMILES string of the molecule is C=C1CCCCCc2c(C)nn(C)c21. The van der Waals surface area contributed by atoms with Crippen molar-refractivity contribution >= 4 is 5.57 Å². The molecule has 0 bridgehead atoms. The number of rotatable bonds is 0. The molecule has 14 heavy (non-hydrogen) atoms. The number of fused-ring (bicyclic) bond motifs is 1. The first-order valence-corrected chi connectivity index (χ1v) is 5.41. The molecule has 0 amide bonds. The second-order valence-electron chi connectivity index (χ2n) is 4.20. The fourth-order valence-corrected chi connectivity index (χ4v) is 2.38. The van der Waals surface area contributed by atoms with Crippen LogP contribution in [0.4, 0.5) is 0 Å². The van der Waals surface area contributed by atoms with Gasteiger partial charge in [0.05, 0.1) is 11.4 Å². The van der Waals surface area contributed by atoms with Crippen LogP contribution in [0.1, 0.15) is 42.6 Å². The van der Waals surface area contributed by atoms with Gasteiger partial charge in [-0.2, -0.15) is 5.10 Å². The van der Waals surface area contributed by atoms with Gasteiger partial charge in [0, 0.05) is 12.6 Å². The maximum absolute atomic E-state index is 4.48. The number of aromatic nitrogens is 2. The Morgan fingerprint density at radius 1 is 1.21 bits per heavy atom. The van der Waals surface area contributed by atoms with Crippen LogP contribution in [-0.2, 0) is 13.5 Å². The molecule has 1 aliphatic carbocycles. The van der Waals surface area contributed by atoms with E-state index in [9.17, 15) is 0 Å². The molecule has 0 aliphatic heterocycles. The van der Waals surface area contributed by atoms with Crippen molar-refractivity contribution in [2.75, 3.05) is 0 Å². The third kappa shape index (κ3) is 1.49. The van der Waals surface area contributed by atoms with E-state index in [0.717, 1.165) is 6.42 Å². The van der Waals surface area contributed by atoms with Gasteiger partial charge in [-0.15, -0.1) is 0 Å². The molecule has 0 saturated heterocycles. The Kier molecular flexibility index (Phi) is 2.44. The van der Waals surface area contributed by atoms with Crippen LogP contribution in [0.3, 0.4) is 0 Å². The second kappa shape index (κ2) is 3.60. The van der Waals surface area contributed by atoms with Crippen LogP contribution in [0.25, 0.3) is 5.57 Å². The fourth-order valence-electron chi connectivity index (χ4n) is 2.38. The van der Waals surface area contributed by atoms with Crippen molar-refractivity contribution in [2.45, 2.75) is 39.0 Å². The maximum Gasteiger partial charge on any atom is 0.0667 e. The minimum Gasteiger partial charge on any atom is -0.268 e. The molecule has 2 nitrogen and oxygen atoms in total. The Morgan fingerprint density at radius 2 is 1.93 bits per heavy atom. The summed E-state index contributed by atoms with van der Waals surface area (Å²) < 4.78 is 2.00. The van der Waals surface area contributed by atoms with Gasteiger partial charge >= 0.3 is 0 Å². The van der Waals surface area contributed by atoms with Crippen LogP contribution in [0.2, 0.25) is 0 Å². The van der Waals surface area contributed by atoms with Crippen LogP contribution >= 0.6 is 0 Å². The summed E-state index contributed by atoms with van der Waals surface area (Å²) in [6, 6.07) is 0. The first-order valence-electron chi connectivity index (χ1n) is 5.41. The summed E-state index contributed by atoms with van der Waals surface area (Å²) in [5, 5.41) is 4.48. The van der Waals surface area contributed by atoms with Crippen LogP contribution < -0.4 is 0 Å². The molecule has 2 rings (SSSR count). The maximum atomic E-state index is 4.48. The second-order valence-corrected chi connectivity index (χ2v) is 4.20. The predicted molar refractivity (Wildman–Crippen MR) is 59.2 cm³/mol. The molecule has 1 aliphatic rings. The molecule has 1 heterocycles. The minimum atomic E-state index is 1.13. The van der Waals surface area contributed by atoms with Crippen molar-refractivity contribution in [3.05, 3.63) is 23.5 Å². The van der Waals surface area contributed by atoms with Crippen molar-refractivity contribution in [2.24, 2.45) is 7.05 Å².